The van der Waals surface area contributed by atoms with E-state index in [4.69, 9.17) is 25.2 Å². The van der Waals surface area contributed by atoms with E-state index in [1.165, 1.54) is 12.1 Å². The fraction of sp³-hybridized carbons (Fsp3) is 0.0909. The molecule has 0 aliphatic carbocycles. The summed E-state index contributed by atoms with van der Waals surface area (Å²) in [6.45, 7) is 0. The highest BCUT2D eigenvalue weighted by Crippen LogP contribution is 2.35. The first-order valence-corrected chi connectivity index (χ1v) is 8.78. The number of benzene rings is 3. The molecule has 6 N–H and O–H groups in total. The molecule has 162 valence electrons. The van der Waals surface area contributed by atoms with Gasteiger partial charge in [-0.25, -0.2) is 4.79 Å². The lowest BCUT2D eigenvalue weighted by atomic mass is 10.0. The lowest BCUT2D eigenvalue weighted by molar-refractivity contribution is 0.0695. The fourth-order valence-corrected chi connectivity index (χ4v) is 2.51. The molecule has 0 heterocycles. The lowest BCUT2D eigenvalue weighted by Gasteiger charge is -2.05. The SMILES string of the molecule is COc1ccc(CC(=O)c2ccc(O)cc2O)cc1.O=C(O)c1cc(O)c(O)c(O)c1. The van der Waals surface area contributed by atoms with Crippen LogP contribution in [0.5, 0.6) is 34.5 Å². The molecule has 0 aliphatic rings. The average molecular weight is 428 g/mol. The van der Waals surface area contributed by atoms with Crippen molar-refractivity contribution in [1.29, 1.82) is 0 Å². The molecule has 9 heteroatoms. The van der Waals surface area contributed by atoms with E-state index >= 15 is 0 Å². The van der Waals surface area contributed by atoms with Gasteiger partial charge in [0.25, 0.3) is 0 Å². The van der Waals surface area contributed by atoms with Crippen molar-refractivity contribution in [3.05, 3.63) is 71.3 Å². The normalized spacial score (nSPS) is 9.97. The van der Waals surface area contributed by atoms with Crippen molar-refractivity contribution in [1.82, 2.24) is 0 Å². The zero-order valence-corrected chi connectivity index (χ0v) is 16.3. The molecule has 0 saturated carbocycles. The summed E-state index contributed by atoms with van der Waals surface area (Å²) in [5.41, 5.74) is 0.745. The van der Waals surface area contributed by atoms with Gasteiger partial charge in [0.05, 0.1) is 18.2 Å². The zero-order chi connectivity index (χ0) is 23.1. The topological polar surface area (TPSA) is 165 Å². The van der Waals surface area contributed by atoms with Crippen LogP contribution in [0.1, 0.15) is 26.3 Å². The van der Waals surface area contributed by atoms with Gasteiger partial charge in [-0.3, -0.25) is 4.79 Å². The first-order valence-electron chi connectivity index (χ1n) is 8.78. The van der Waals surface area contributed by atoms with E-state index in [2.05, 4.69) is 0 Å². The van der Waals surface area contributed by atoms with Crippen molar-refractivity contribution < 1.29 is 45.0 Å². The summed E-state index contributed by atoms with van der Waals surface area (Å²) in [4.78, 5) is 22.3. The summed E-state index contributed by atoms with van der Waals surface area (Å²) in [6.07, 6.45) is 0.183. The van der Waals surface area contributed by atoms with Gasteiger partial charge < -0.3 is 35.4 Å². The third kappa shape index (κ3) is 6.04. The van der Waals surface area contributed by atoms with E-state index in [1.807, 2.05) is 0 Å². The predicted octanol–water partition coefficient (Wildman–Crippen LogP) is 3.03. The number of carboxylic acid groups (broad SMARTS) is 1. The first kappa shape index (κ1) is 22.9. The number of methoxy groups -OCH3 is 1. The molecular formula is C22H20O9. The molecule has 31 heavy (non-hydrogen) atoms. The molecule has 0 atom stereocenters. The van der Waals surface area contributed by atoms with Crippen molar-refractivity contribution in [2.75, 3.05) is 7.11 Å². The Morgan fingerprint density at radius 3 is 1.87 bits per heavy atom. The molecule has 3 rings (SSSR count). The summed E-state index contributed by atoms with van der Waals surface area (Å²) in [5.74, 6) is -3.09. The average Bonchev–Trinajstić information content (AvgIpc) is 2.72. The Hall–Kier alpha value is -4.40. The van der Waals surface area contributed by atoms with E-state index in [-0.39, 0.29) is 34.8 Å². The standard InChI is InChI=1S/C15H14O4.C7H6O5/c1-19-12-5-2-10(3-6-12)8-14(17)13-7-4-11(16)9-15(13)18;8-4-1-3(7(11)12)2-5(9)6(4)10/h2-7,9,16,18H,8H2,1H3;1-2,8-10H,(H,11,12). The van der Waals surface area contributed by atoms with Crippen molar-refractivity contribution in [2.24, 2.45) is 0 Å². The number of aromatic carboxylic acids is 1. The monoisotopic (exact) mass is 428 g/mol. The highest BCUT2D eigenvalue weighted by molar-refractivity contribution is 6.00. The van der Waals surface area contributed by atoms with Gasteiger partial charge in [-0.05, 0) is 42.0 Å². The highest BCUT2D eigenvalue weighted by atomic mass is 16.5. The minimum Gasteiger partial charge on any atom is -0.508 e. The first-order chi connectivity index (χ1) is 14.6. The number of hydrogen-bond acceptors (Lipinski definition) is 8. The minimum absolute atomic E-state index is 0.0708. The third-order valence-electron chi connectivity index (χ3n) is 4.12. The summed E-state index contributed by atoms with van der Waals surface area (Å²) < 4.78 is 5.04. The van der Waals surface area contributed by atoms with Crippen LogP contribution in [0.4, 0.5) is 0 Å². The Kier molecular flexibility index (Phi) is 7.29. The van der Waals surface area contributed by atoms with Crippen LogP contribution in [0.15, 0.2) is 54.6 Å². The number of rotatable bonds is 5. The van der Waals surface area contributed by atoms with Gasteiger partial charge in [-0.15, -0.1) is 0 Å². The molecule has 0 aromatic heterocycles. The van der Waals surface area contributed by atoms with Crippen LogP contribution >= 0.6 is 0 Å². The smallest absolute Gasteiger partial charge is 0.335 e. The molecule has 0 bridgehead atoms. The maximum absolute atomic E-state index is 12.0. The maximum Gasteiger partial charge on any atom is 0.335 e. The number of Topliss-reactive ketones (excluding diaryl/α,β-unsaturated/α-hetero) is 1. The van der Waals surface area contributed by atoms with Crippen LogP contribution in [0, 0.1) is 0 Å². The van der Waals surface area contributed by atoms with Gasteiger partial charge >= 0.3 is 5.97 Å². The van der Waals surface area contributed by atoms with Crippen LogP contribution < -0.4 is 4.74 Å². The van der Waals surface area contributed by atoms with Crippen LogP contribution in [-0.4, -0.2) is 49.5 Å². The molecular weight excluding hydrogens is 408 g/mol. The summed E-state index contributed by atoms with van der Waals surface area (Å²) >= 11 is 0. The second kappa shape index (κ2) is 9.88. The molecule has 3 aromatic carbocycles. The summed E-state index contributed by atoms with van der Waals surface area (Å²) in [6, 6.07) is 12.8. The van der Waals surface area contributed by atoms with E-state index in [1.54, 1.807) is 31.4 Å². The van der Waals surface area contributed by atoms with Crippen LogP contribution in [0.25, 0.3) is 0 Å². The summed E-state index contributed by atoms with van der Waals surface area (Å²) in [7, 11) is 1.58. The second-order valence-corrected chi connectivity index (χ2v) is 6.32. The van der Waals surface area contributed by atoms with Crippen LogP contribution in [0.2, 0.25) is 0 Å². The number of aromatic hydroxyl groups is 5. The van der Waals surface area contributed by atoms with Crippen molar-refractivity contribution >= 4 is 11.8 Å². The molecule has 0 amide bonds. The Bertz CT molecular complexity index is 1070. The quantitative estimate of drug-likeness (QED) is 0.265. The van der Waals surface area contributed by atoms with Gasteiger partial charge in [0.15, 0.2) is 23.0 Å². The Morgan fingerprint density at radius 1 is 0.806 bits per heavy atom. The van der Waals surface area contributed by atoms with Gasteiger partial charge in [-0.2, -0.15) is 0 Å². The molecule has 0 aliphatic heterocycles. The third-order valence-corrected chi connectivity index (χ3v) is 4.12. The van der Waals surface area contributed by atoms with Crippen molar-refractivity contribution in [3.8, 4) is 34.5 Å². The molecule has 0 spiro atoms. The molecule has 0 saturated heterocycles. The zero-order valence-electron chi connectivity index (χ0n) is 16.3. The van der Waals surface area contributed by atoms with E-state index in [0.717, 1.165) is 29.5 Å². The van der Waals surface area contributed by atoms with Gasteiger partial charge in [0.1, 0.15) is 17.2 Å². The Labute approximate surface area is 176 Å². The molecule has 0 unspecified atom stereocenters. The fourth-order valence-electron chi connectivity index (χ4n) is 2.51. The minimum atomic E-state index is -1.29. The van der Waals surface area contributed by atoms with E-state index in [0.29, 0.717) is 0 Å². The number of hydrogen-bond donors (Lipinski definition) is 6. The number of phenols is 5. The predicted molar refractivity (Wildman–Crippen MR) is 109 cm³/mol. The number of carbonyl (C=O) groups excluding carboxylic acids is 1. The second-order valence-electron chi connectivity index (χ2n) is 6.32. The number of ether oxygens (including phenoxy) is 1. The molecule has 0 fully saturated rings. The number of carboxylic acids is 1. The Morgan fingerprint density at radius 2 is 1.39 bits per heavy atom. The summed E-state index contributed by atoms with van der Waals surface area (Å²) in [5, 5.41) is 53.8. The maximum atomic E-state index is 12.0. The van der Waals surface area contributed by atoms with Gasteiger partial charge in [0.2, 0.25) is 0 Å². The number of carbonyl (C=O) groups is 2. The van der Waals surface area contributed by atoms with Crippen molar-refractivity contribution in [3.63, 3.8) is 0 Å². The van der Waals surface area contributed by atoms with Gasteiger partial charge in [0, 0.05) is 12.5 Å². The van der Waals surface area contributed by atoms with Crippen LogP contribution in [-0.2, 0) is 6.42 Å². The molecule has 3 aromatic rings. The Balaban J connectivity index is 0.000000245. The lowest BCUT2D eigenvalue weighted by Crippen LogP contribution is -2.03. The molecule has 9 nitrogen and oxygen atoms in total. The van der Waals surface area contributed by atoms with Crippen molar-refractivity contribution in [2.45, 2.75) is 6.42 Å². The largest absolute Gasteiger partial charge is 0.508 e. The van der Waals surface area contributed by atoms with Crippen LogP contribution in [0.3, 0.4) is 0 Å². The number of phenolic OH excluding ortho intramolecular Hbond substituents is 5. The number of ketones is 1. The van der Waals surface area contributed by atoms with Gasteiger partial charge in [-0.1, -0.05) is 12.1 Å². The highest BCUT2D eigenvalue weighted by Gasteiger charge is 2.13. The van der Waals surface area contributed by atoms with E-state index < -0.39 is 23.2 Å². The molecule has 0 radical (unpaired) electrons. The van der Waals surface area contributed by atoms with E-state index in [9.17, 15) is 19.8 Å².